The molecule has 1 aromatic carbocycles. The van der Waals surface area contributed by atoms with Crippen LogP contribution in [0, 0.1) is 6.92 Å². The van der Waals surface area contributed by atoms with E-state index in [1.165, 1.54) is 28.1 Å². The van der Waals surface area contributed by atoms with E-state index in [4.69, 9.17) is 9.47 Å². The second-order valence-electron chi connectivity index (χ2n) is 6.51. The fourth-order valence-corrected chi connectivity index (χ4v) is 5.10. The zero-order valence-electron chi connectivity index (χ0n) is 17.0. The highest BCUT2D eigenvalue weighted by Crippen LogP contribution is 2.40. The van der Waals surface area contributed by atoms with Crippen LogP contribution >= 0.6 is 23.1 Å². The molecule has 0 aliphatic carbocycles. The van der Waals surface area contributed by atoms with Crippen molar-refractivity contribution in [2.45, 2.75) is 12.3 Å². The van der Waals surface area contributed by atoms with E-state index in [0.717, 1.165) is 5.56 Å². The number of aryl methyl sites for hydroxylation is 1. The molecule has 1 unspecified atom stereocenters. The number of carbonyl (C=O) groups excluding carboxylic acids is 2. The lowest BCUT2D eigenvalue weighted by Crippen LogP contribution is -2.44. The van der Waals surface area contributed by atoms with Gasteiger partial charge < -0.3 is 9.47 Å². The second-order valence-corrected chi connectivity index (χ2v) is 8.57. The minimum atomic E-state index is -0.397. The Kier molecular flexibility index (Phi) is 6.05. The van der Waals surface area contributed by atoms with Crippen molar-refractivity contribution in [3.05, 3.63) is 52.9 Å². The Labute approximate surface area is 186 Å². The topological polar surface area (TPSA) is 107 Å². The normalized spacial score (nSPS) is 15.8. The first-order valence-corrected chi connectivity index (χ1v) is 11.1. The van der Waals surface area contributed by atoms with Gasteiger partial charge in [0, 0.05) is 12.4 Å². The lowest BCUT2D eigenvalue weighted by atomic mass is 10.2. The van der Waals surface area contributed by atoms with Crippen LogP contribution in [0.1, 0.15) is 26.3 Å². The second kappa shape index (κ2) is 8.90. The van der Waals surface area contributed by atoms with E-state index in [2.05, 4.69) is 20.4 Å². The monoisotopic (exact) mass is 457 g/mol. The summed E-state index contributed by atoms with van der Waals surface area (Å²) in [5.74, 6) is 0.818. The number of thiazole rings is 1. The van der Waals surface area contributed by atoms with Crippen molar-refractivity contribution in [2.75, 3.05) is 20.0 Å². The fourth-order valence-electron chi connectivity index (χ4n) is 3.08. The zero-order valence-corrected chi connectivity index (χ0v) is 18.6. The molecular weight excluding hydrogens is 438 g/mol. The van der Waals surface area contributed by atoms with E-state index >= 15 is 0 Å². The number of methoxy groups -OCH3 is 2. The van der Waals surface area contributed by atoms with Crippen LogP contribution < -0.4 is 14.9 Å². The SMILES string of the molecule is COc1ccc(C2SCC(=O)N2NC(=O)c2sc(-c3cnccn3)nc2C)cc1OC. The van der Waals surface area contributed by atoms with Crippen LogP contribution in [0.25, 0.3) is 10.7 Å². The smallest absolute Gasteiger partial charge is 0.281 e. The molecule has 9 nitrogen and oxygen atoms in total. The molecule has 1 saturated heterocycles. The van der Waals surface area contributed by atoms with Crippen molar-refractivity contribution in [2.24, 2.45) is 0 Å². The molecule has 1 aliphatic heterocycles. The lowest BCUT2D eigenvalue weighted by molar-refractivity contribution is -0.130. The van der Waals surface area contributed by atoms with Gasteiger partial charge in [0.25, 0.3) is 11.8 Å². The van der Waals surface area contributed by atoms with Crippen molar-refractivity contribution in [3.8, 4) is 22.2 Å². The van der Waals surface area contributed by atoms with Gasteiger partial charge in [0.15, 0.2) is 11.5 Å². The summed E-state index contributed by atoms with van der Waals surface area (Å²) in [6.45, 7) is 1.75. The van der Waals surface area contributed by atoms with Crippen LogP contribution in [0.5, 0.6) is 11.5 Å². The minimum absolute atomic E-state index is 0.186. The predicted octanol–water partition coefficient (Wildman–Crippen LogP) is 2.84. The maximum Gasteiger partial charge on any atom is 0.281 e. The molecule has 31 heavy (non-hydrogen) atoms. The Morgan fingerprint density at radius 2 is 2.03 bits per heavy atom. The van der Waals surface area contributed by atoms with Gasteiger partial charge >= 0.3 is 0 Å². The van der Waals surface area contributed by atoms with Gasteiger partial charge in [-0.25, -0.2) is 9.99 Å². The van der Waals surface area contributed by atoms with Gasteiger partial charge in [0.2, 0.25) is 0 Å². The van der Waals surface area contributed by atoms with E-state index in [-0.39, 0.29) is 17.0 Å². The van der Waals surface area contributed by atoms with Crippen LogP contribution in [0.15, 0.2) is 36.8 Å². The number of amides is 2. The standard InChI is InChI=1S/C20H19N5O4S2/c1-11-17(31-19(23-11)13-9-21-6-7-22-13)18(27)24-25-16(26)10-30-20(25)12-4-5-14(28-2)15(8-12)29-3/h4-9,20H,10H2,1-3H3,(H,24,27). The van der Waals surface area contributed by atoms with E-state index in [0.29, 0.717) is 32.8 Å². The highest BCUT2D eigenvalue weighted by Gasteiger charge is 2.35. The lowest BCUT2D eigenvalue weighted by Gasteiger charge is -2.25. The molecule has 160 valence electrons. The van der Waals surface area contributed by atoms with E-state index < -0.39 is 5.91 Å². The van der Waals surface area contributed by atoms with Crippen LogP contribution in [0.2, 0.25) is 0 Å². The Morgan fingerprint density at radius 1 is 1.23 bits per heavy atom. The van der Waals surface area contributed by atoms with E-state index in [9.17, 15) is 9.59 Å². The fraction of sp³-hybridized carbons (Fsp3) is 0.250. The van der Waals surface area contributed by atoms with Gasteiger partial charge in [0.05, 0.1) is 31.9 Å². The number of nitrogens with zero attached hydrogens (tertiary/aromatic N) is 4. The average molecular weight is 458 g/mol. The molecular formula is C20H19N5O4S2. The van der Waals surface area contributed by atoms with Gasteiger partial charge in [-0.15, -0.1) is 23.1 Å². The van der Waals surface area contributed by atoms with E-state index in [1.807, 2.05) is 6.07 Å². The number of hydrazine groups is 1. The maximum absolute atomic E-state index is 13.0. The first kappa shape index (κ1) is 21.1. The van der Waals surface area contributed by atoms with Crippen molar-refractivity contribution in [1.82, 2.24) is 25.4 Å². The maximum atomic E-state index is 13.0. The van der Waals surface area contributed by atoms with Gasteiger partial charge in [0.1, 0.15) is 21.0 Å². The first-order chi connectivity index (χ1) is 15.0. The highest BCUT2D eigenvalue weighted by atomic mass is 32.2. The molecule has 1 aliphatic rings. The van der Waals surface area contributed by atoms with Crippen LogP contribution in [0.3, 0.4) is 0 Å². The first-order valence-electron chi connectivity index (χ1n) is 9.22. The summed E-state index contributed by atoms with van der Waals surface area (Å²) >= 11 is 2.63. The Bertz CT molecular complexity index is 1120. The molecule has 2 amide bonds. The molecule has 1 atom stereocenters. The quantitative estimate of drug-likeness (QED) is 0.602. The predicted molar refractivity (Wildman–Crippen MR) is 117 cm³/mol. The number of aromatic nitrogens is 3. The molecule has 4 rings (SSSR count). The molecule has 0 spiro atoms. The summed E-state index contributed by atoms with van der Waals surface area (Å²) in [7, 11) is 3.11. The molecule has 2 aromatic heterocycles. The van der Waals surface area contributed by atoms with Gasteiger partial charge in [-0.2, -0.15) is 0 Å². The molecule has 0 saturated carbocycles. The number of thioether (sulfide) groups is 1. The number of hydrogen-bond acceptors (Lipinski definition) is 9. The van der Waals surface area contributed by atoms with Crippen LogP contribution in [-0.4, -0.2) is 51.7 Å². The molecule has 3 aromatic rings. The molecule has 11 heteroatoms. The number of carbonyl (C=O) groups is 2. The zero-order chi connectivity index (χ0) is 22.0. The van der Waals surface area contributed by atoms with Crippen molar-refractivity contribution in [1.29, 1.82) is 0 Å². The van der Waals surface area contributed by atoms with E-state index in [1.54, 1.807) is 51.9 Å². The van der Waals surface area contributed by atoms with Gasteiger partial charge in [-0.05, 0) is 24.6 Å². The molecule has 1 fully saturated rings. The summed E-state index contributed by atoms with van der Waals surface area (Å²) in [6.07, 6.45) is 4.73. The van der Waals surface area contributed by atoms with Gasteiger partial charge in [-0.1, -0.05) is 6.07 Å². The number of benzene rings is 1. The summed E-state index contributed by atoms with van der Waals surface area (Å²) in [5.41, 5.74) is 4.72. The highest BCUT2D eigenvalue weighted by molar-refractivity contribution is 8.00. The largest absolute Gasteiger partial charge is 0.493 e. The van der Waals surface area contributed by atoms with Gasteiger partial charge in [-0.3, -0.25) is 25.0 Å². The summed E-state index contributed by atoms with van der Waals surface area (Å²) in [5, 5.41) is 1.56. The van der Waals surface area contributed by atoms with Crippen molar-refractivity contribution in [3.63, 3.8) is 0 Å². The van der Waals surface area contributed by atoms with Crippen molar-refractivity contribution < 1.29 is 19.1 Å². The Balaban J connectivity index is 1.57. The van der Waals surface area contributed by atoms with Crippen molar-refractivity contribution >= 4 is 34.9 Å². The molecule has 1 N–H and O–H groups in total. The molecule has 3 heterocycles. The number of rotatable bonds is 6. The summed E-state index contributed by atoms with van der Waals surface area (Å²) in [4.78, 5) is 38.6. The Morgan fingerprint density at radius 3 is 2.74 bits per heavy atom. The van der Waals surface area contributed by atoms with Crippen LogP contribution in [0.4, 0.5) is 0 Å². The third-order valence-electron chi connectivity index (χ3n) is 4.57. The summed E-state index contributed by atoms with van der Waals surface area (Å²) in [6, 6.07) is 5.43. The average Bonchev–Trinajstić information content (AvgIpc) is 3.36. The third kappa shape index (κ3) is 4.19. The number of hydrogen-bond donors (Lipinski definition) is 1. The minimum Gasteiger partial charge on any atom is -0.493 e. The van der Waals surface area contributed by atoms with Crippen LogP contribution in [-0.2, 0) is 4.79 Å². The molecule has 0 bridgehead atoms. The number of ether oxygens (including phenoxy) is 2. The number of nitrogens with one attached hydrogen (secondary N) is 1. The third-order valence-corrected chi connectivity index (χ3v) is 6.96. The summed E-state index contributed by atoms with van der Waals surface area (Å²) < 4.78 is 10.6. The molecule has 0 radical (unpaired) electrons. The Hall–Kier alpha value is -3.18.